The first-order chi connectivity index (χ1) is 8.45. The summed E-state index contributed by atoms with van der Waals surface area (Å²) >= 11 is 3.20. The summed E-state index contributed by atoms with van der Waals surface area (Å²) in [5, 5.41) is 19.2. The van der Waals surface area contributed by atoms with Gasteiger partial charge in [0.2, 0.25) is 0 Å². The molecule has 100 valence electrons. The van der Waals surface area contributed by atoms with Crippen molar-refractivity contribution >= 4 is 21.8 Å². The zero-order valence-corrected chi connectivity index (χ0v) is 11.8. The van der Waals surface area contributed by atoms with E-state index in [0.29, 0.717) is 4.47 Å². The molecule has 0 radical (unpaired) electrons. The highest BCUT2D eigenvalue weighted by Crippen LogP contribution is 2.23. The van der Waals surface area contributed by atoms with Gasteiger partial charge in [-0.2, -0.15) is 0 Å². The molecule has 0 heterocycles. The number of ether oxygens (including phenoxy) is 1. The number of rotatable bonds is 5. The third-order valence-corrected chi connectivity index (χ3v) is 2.87. The Balaban J connectivity index is 2.74. The molecule has 0 bridgehead atoms. The second kappa shape index (κ2) is 6.72. The molecule has 0 aliphatic rings. The number of phenolic OH excluding ortho intramolecular Hbond substituents is 1. The number of carbonyl (C=O) groups is 1. The molecule has 1 amide bonds. The van der Waals surface area contributed by atoms with Crippen LogP contribution in [-0.2, 0) is 4.74 Å². The quantitative estimate of drug-likeness (QED) is 0.857. The Bertz CT molecular complexity index is 425. The van der Waals surface area contributed by atoms with E-state index in [-0.39, 0.29) is 30.4 Å². The van der Waals surface area contributed by atoms with E-state index in [0.717, 1.165) is 0 Å². The molecule has 1 unspecified atom stereocenters. The molecule has 1 aromatic carbocycles. The molecular formula is C12H16BrNO4. The number of hydrogen-bond donors (Lipinski definition) is 2. The van der Waals surface area contributed by atoms with Crippen LogP contribution in [0.2, 0.25) is 0 Å². The van der Waals surface area contributed by atoms with Crippen LogP contribution in [-0.4, -0.2) is 54.4 Å². The van der Waals surface area contributed by atoms with Crippen LogP contribution in [0, 0.1) is 0 Å². The summed E-state index contributed by atoms with van der Waals surface area (Å²) in [5.41, 5.74) is 0.199. The highest BCUT2D eigenvalue weighted by atomic mass is 79.9. The normalized spacial score (nSPS) is 12.2. The lowest BCUT2D eigenvalue weighted by atomic mass is 10.1. The molecule has 2 N–H and O–H groups in total. The van der Waals surface area contributed by atoms with Crippen LogP contribution in [0.4, 0.5) is 0 Å². The van der Waals surface area contributed by atoms with E-state index >= 15 is 0 Å². The molecule has 0 spiro atoms. The topological polar surface area (TPSA) is 70.0 Å². The number of carbonyl (C=O) groups excluding carboxylic acids is 1. The van der Waals surface area contributed by atoms with Gasteiger partial charge in [0, 0.05) is 25.2 Å². The zero-order chi connectivity index (χ0) is 13.7. The molecular weight excluding hydrogens is 302 g/mol. The van der Waals surface area contributed by atoms with Crippen molar-refractivity contribution in [2.75, 3.05) is 27.3 Å². The van der Waals surface area contributed by atoms with E-state index in [4.69, 9.17) is 4.74 Å². The van der Waals surface area contributed by atoms with Gasteiger partial charge in [-0.1, -0.05) is 15.9 Å². The minimum atomic E-state index is -0.749. The monoisotopic (exact) mass is 317 g/mol. The van der Waals surface area contributed by atoms with Gasteiger partial charge >= 0.3 is 0 Å². The fraction of sp³-hybridized carbons (Fsp3) is 0.417. The molecule has 0 aliphatic carbocycles. The second-order valence-electron chi connectivity index (χ2n) is 3.96. The van der Waals surface area contributed by atoms with Crippen LogP contribution in [0.1, 0.15) is 10.4 Å². The standard InChI is InChI=1S/C12H16BrNO4/c1-14(6-9(15)7-18-2)12(17)10-4-3-8(13)5-11(10)16/h3-5,9,15-16H,6-7H2,1-2H3. The third kappa shape index (κ3) is 3.97. The first-order valence-electron chi connectivity index (χ1n) is 5.36. The van der Waals surface area contributed by atoms with Gasteiger partial charge in [-0.15, -0.1) is 0 Å². The minimum absolute atomic E-state index is 0.0949. The maximum atomic E-state index is 12.0. The second-order valence-corrected chi connectivity index (χ2v) is 4.87. The Hall–Kier alpha value is -1.11. The highest BCUT2D eigenvalue weighted by Gasteiger charge is 2.18. The summed E-state index contributed by atoms with van der Waals surface area (Å²) < 4.78 is 5.48. The average molecular weight is 318 g/mol. The SMILES string of the molecule is COCC(O)CN(C)C(=O)c1ccc(Br)cc1O. The number of phenols is 1. The zero-order valence-electron chi connectivity index (χ0n) is 10.3. The number of nitrogens with zero attached hydrogens (tertiary/aromatic N) is 1. The van der Waals surface area contributed by atoms with Crippen molar-refractivity contribution in [1.82, 2.24) is 4.90 Å². The summed E-state index contributed by atoms with van der Waals surface area (Å²) in [4.78, 5) is 13.4. The molecule has 0 aromatic heterocycles. The number of methoxy groups -OCH3 is 1. The van der Waals surface area contributed by atoms with E-state index in [1.54, 1.807) is 13.1 Å². The van der Waals surface area contributed by atoms with Crippen molar-refractivity contribution < 1.29 is 19.7 Å². The predicted molar refractivity (Wildman–Crippen MR) is 70.7 cm³/mol. The third-order valence-electron chi connectivity index (χ3n) is 2.38. The summed E-state index contributed by atoms with van der Waals surface area (Å²) in [7, 11) is 3.04. The number of aliphatic hydroxyl groups is 1. The van der Waals surface area contributed by atoms with Crippen molar-refractivity contribution in [3.63, 3.8) is 0 Å². The van der Waals surface area contributed by atoms with Gasteiger partial charge in [0.1, 0.15) is 5.75 Å². The molecule has 1 atom stereocenters. The Morgan fingerprint density at radius 2 is 2.22 bits per heavy atom. The van der Waals surface area contributed by atoms with Gasteiger partial charge < -0.3 is 19.8 Å². The molecule has 0 saturated carbocycles. The summed E-state index contributed by atoms with van der Waals surface area (Å²) in [6, 6.07) is 4.65. The van der Waals surface area contributed by atoms with E-state index < -0.39 is 6.10 Å². The number of amides is 1. The maximum Gasteiger partial charge on any atom is 0.257 e. The lowest BCUT2D eigenvalue weighted by Crippen LogP contribution is -2.36. The Morgan fingerprint density at radius 3 is 2.78 bits per heavy atom. The van der Waals surface area contributed by atoms with Gasteiger partial charge in [0.05, 0.1) is 18.3 Å². The van der Waals surface area contributed by atoms with Gasteiger partial charge in [-0.25, -0.2) is 0 Å². The maximum absolute atomic E-state index is 12.0. The van der Waals surface area contributed by atoms with Crippen LogP contribution in [0.5, 0.6) is 5.75 Å². The Labute approximate surface area is 114 Å². The van der Waals surface area contributed by atoms with Crippen molar-refractivity contribution in [3.05, 3.63) is 28.2 Å². The molecule has 0 fully saturated rings. The van der Waals surface area contributed by atoms with E-state index in [2.05, 4.69) is 15.9 Å². The number of halogens is 1. The first-order valence-corrected chi connectivity index (χ1v) is 6.16. The van der Waals surface area contributed by atoms with Gasteiger partial charge in [-0.05, 0) is 18.2 Å². The smallest absolute Gasteiger partial charge is 0.257 e. The molecule has 6 heteroatoms. The van der Waals surface area contributed by atoms with Crippen LogP contribution in [0.25, 0.3) is 0 Å². The fourth-order valence-corrected chi connectivity index (χ4v) is 1.88. The summed E-state index contributed by atoms with van der Waals surface area (Å²) in [5.74, 6) is -0.447. The molecule has 18 heavy (non-hydrogen) atoms. The summed E-state index contributed by atoms with van der Waals surface area (Å²) in [6.07, 6.45) is -0.749. The minimum Gasteiger partial charge on any atom is -0.507 e. The number of likely N-dealkylation sites (N-methyl/N-ethyl adjacent to an activating group) is 1. The number of benzene rings is 1. The lowest BCUT2D eigenvalue weighted by molar-refractivity contribution is 0.0379. The number of aliphatic hydroxyl groups excluding tert-OH is 1. The number of aromatic hydroxyl groups is 1. The largest absolute Gasteiger partial charge is 0.507 e. The molecule has 1 rings (SSSR count). The number of hydrogen-bond acceptors (Lipinski definition) is 4. The van der Waals surface area contributed by atoms with Crippen molar-refractivity contribution in [2.45, 2.75) is 6.10 Å². The van der Waals surface area contributed by atoms with Gasteiger partial charge in [0.25, 0.3) is 5.91 Å². The Kier molecular flexibility index (Phi) is 5.58. The highest BCUT2D eigenvalue weighted by molar-refractivity contribution is 9.10. The fourth-order valence-electron chi connectivity index (χ4n) is 1.54. The van der Waals surface area contributed by atoms with E-state index in [1.807, 2.05) is 0 Å². The first kappa shape index (κ1) is 14.9. The molecule has 1 aromatic rings. The van der Waals surface area contributed by atoms with Crippen molar-refractivity contribution in [2.24, 2.45) is 0 Å². The predicted octanol–water partition coefficient (Wildman–Crippen LogP) is 1.23. The van der Waals surface area contributed by atoms with Crippen LogP contribution >= 0.6 is 15.9 Å². The molecule has 0 aliphatic heterocycles. The van der Waals surface area contributed by atoms with Crippen molar-refractivity contribution in [1.29, 1.82) is 0 Å². The average Bonchev–Trinajstić information content (AvgIpc) is 2.28. The van der Waals surface area contributed by atoms with Gasteiger partial charge in [-0.3, -0.25) is 4.79 Å². The Morgan fingerprint density at radius 1 is 1.56 bits per heavy atom. The molecule has 0 saturated heterocycles. The lowest BCUT2D eigenvalue weighted by Gasteiger charge is -2.21. The van der Waals surface area contributed by atoms with Crippen molar-refractivity contribution in [3.8, 4) is 5.75 Å². The van der Waals surface area contributed by atoms with E-state index in [9.17, 15) is 15.0 Å². The van der Waals surface area contributed by atoms with Gasteiger partial charge in [0.15, 0.2) is 0 Å². The van der Waals surface area contributed by atoms with Crippen LogP contribution in [0.15, 0.2) is 22.7 Å². The molecule has 5 nitrogen and oxygen atoms in total. The van der Waals surface area contributed by atoms with E-state index in [1.165, 1.54) is 24.1 Å². The van der Waals surface area contributed by atoms with Crippen LogP contribution < -0.4 is 0 Å². The van der Waals surface area contributed by atoms with Crippen LogP contribution in [0.3, 0.4) is 0 Å². The summed E-state index contributed by atoms with van der Waals surface area (Å²) in [6.45, 7) is 0.298.